The Labute approximate surface area is 111 Å². The third-order valence-electron chi connectivity index (χ3n) is 4.17. The molecule has 0 heterocycles. The lowest BCUT2D eigenvalue weighted by Gasteiger charge is -2.46. The first-order chi connectivity index (χ1) is 8.94. The van der Waals surface area contributed by atoms with Gasteiger partial charge in [0.15, 0.2) is 0 Å². The van der Waals surface area contributed by atoms with Crippen LogP contribution in [-0.4, -0.2) is 17.4 Å². The van der Waals surface area contributed by atoms with Crippen molar-refractivity contribution in [3.63, 3.8) is 0 Å². The van der Waals surface area contributed by atoms with Crippen molar-refractivity contribution in [2.24, 2.45) is 0 Å². The number of hydrogen-bond donors (Lipinski definition) is 1. The highest BCUT2D eigenvalue weighted by molar-refractivity contribution is 5.29. The molecule has 1 saturated carbocycles. The van der Waals surface area contributed by atoms with Crippen LogP contribution >= 0.6 is 0 Å². The molecule has 0 bridgehead atoms. The molecule has 1 aliphatic rings. The maximum absolute atomic E-state index is 12.1. The molecule has 0 aromatic heterocycles. The van der Waals surface area contributed by atoms with Gasteiger partial charge in [-0.2, -0.15) is 13.2 Å². The number of halogens is 3. The average molecular weight is 272 g/mol. The monoisotopic (exact) mass is 272 g/mol. The molecular formula is C15H19F3O. The summed E-state index contributed by atoms with van der Waals surface area (Å²) in [6, 6.07) is 9.67. The zero-order valence-electron chi connectivity index (χ0n) is 10.8. The molecule has 1 aliphatic carbocycles. The topological polar surface area (TPSA) is 20.2 Å². The maximum Gasteiger partial charge on any atom is 0.389 e. The minimum Gasteiger partial charge on any atom is -0.392 e. The molecule has 4 heteroatoms. The molecular weight excluding hydrogens is 253 g/mol. The van der Waals surface area contributed by atoms with E-state index in [2.05, 4.69) is 0 Å². The van der Waals surface area contributed by atoms with E-state index in [-0.39, 0.29) is 18.3 Å². The highest BCUT2D eigenvalue weighted by Gasteiger charge is 2.44. The fourth-order valence-electron chi connectivity index (χ4n) is 2.91. The Hall–Kier alpha value is -1.03. The molecule has 1 nitrogen and oxygen atoms in total. The largest absolute Gasteiger partial charge is 0.392 e. The molecule has 1 N–H and O–H groups in total. The summed E-state index contributed by atoms with van der Waals surface area (Å²) in [4.78, 5) is 0. The molecule has 1 aromatic carbocycles. The smallest absolute Gasteiger partial charge is 0.389 e. The van der Waals surface area contributed by atoms with E-state index < -0.39 is 18.7 Å². The summed E-state index contributed by atoms with van der Waals surface area (Å²) in [6.07, 6.45) is -2.63. The standard InChI is InChI=1S/C15H19F3O/c16-15(17,18)11-4-8-13(19)14(9-5-10-14)12-6-2-1-3-7-12/h1-3,6-7,13,19H,4-5,8-11H2. The summed E-state index contributed by atoms with van der Waals surface area (Å²) in [7, 11) is 0. The highest BCUT2D eigenvalue weighted by Crippen LogP contribution is 2.47. The van der Waals surface area contributed by atoms with Crippen molar-refractivity contribution in [3.8, 4) is 0 Å². The van der Waals surface area contributed by atoms with Gasteiger partial charge in [0.1, 0.15) is 0 Å². The molecule has 19 heavy (non-hydrogen) atoms. The van der Waals surface area contributed by atoms with Gasteiger partial charge >= 0.3 is 6.18 Å². The molecule has 0 aliphatic heterocycles. The van der Waals surface area contributed by atoms with Crippen LogP contribution in [0.1, 0.15) is 44.1 Å². The Morgan fingerprint density at radius 2 is 1.79 bits per heavy atom. The van der Waals surface area contributed by atoms with Gasteiger partial charge in [-0.05, 0) is 31.2 Å². The van der Waals surface area contributed by atoms with Crippen LogP contribution in [0.15, 0.2) is 30.3 Å². The van der Waals surface area contributed by atoms with E-state index in [0.717, 1.165) is 24.8 Å². The van der Waals surface area contributed by atoms with E-state index in [0.29, 0.717) is 0 Å². The average Bonchev–Trinajstić information content (AvgIpc) is 2.27. The second-order valence-electron chi connectivity index (χ2n) is 5.40. The van der Waals surface area contributed by atoms with E-state index in [9.17, 15) is 18.3 Å². The molecule has 0 radical (unpaired) electrons. The number of aliphatic hydroxyl groups is 1. The van der Waals surface area contributed by atoms with Crippen molar-refractivity contribution < 1.29 is 18.3 Å². The van der Waals surface area contributed by atoms with Gasteiger partial charge in [0, 0.05) is 11.8 Å². The summed E-state index contributed by atoms with van der Waals surface area (Å²) in [5.41, 5.74) is 0.744. The first kappa shape index (κ1) is 14.4. The van der Waals surface area contributed by atoms with Gasteiger partial charge in [0.2, 0.25) is 0 Å². The lowest BCUT2D eigenvalue weighted by atomic mass is 9.60. The summed E-state index contributed by atoms with van der Waals surface area (Å²) >= 11 is 0. The number of hydrogen-bond acceptors (Lipinski definition) is 1. The number of aliphatic hydroxyl groups excluding tert-OH is 1. The van der Waals surface area contributed by atoms with Crippen LogP contribution in [0.5, 0.6) is 0 Å². The number of alkyl halides is 3. The molecule has 2 rings (SSSR count). The predicted octanol–water partition coefficient (Wildman–Crippen LogP) is 4.20. The van der Waals surface area contributed by atoms with Crippen molar-refractivity contribution >= 4 is 0 Å². The molecule has 0 amide bonds. The van der Waals surface area contributed by atoms with Crippen LogP contribution in [-0.2, 0) is 5.41 Å². The van der Waals surface area contributed by atoms with Crippen molar-refractivity contribution in [1.29, 1.82) is 0 Å². The van der Waals surface area contributed by atoms with E-state index in [1.54, 1.807) is 0 Å². The molecule has 1 atom stereocenters. The molecule has 1 unspecified atom stereocenters. The lowest BCUT2D eigenvalue weighted by Crippen LogP contribution is -2.45. The molecule has 1 fully saturated rings. The molecule has 0 saturated heterocycles. The molecule has 1 aromatic rings. The maximum atomic E-state index is 12.1. The lowest BCUT2D eigenvalue weighted by molar-refractivity contribution is -0.137. The van der Waals surface area contributed by atoms with Crippen molar-refractivity contribution in [1.82, 2.24) is 0 Å². The Bertz CT molecular complexity index is 396. The van der Waals surface area contributed by atoms with Crippen molar-refractivity contribution in [3.05, 3.63) is 35.9 Å². The van der Waals surface area contributed by atoms with Gasteiger partial charge in [0.05, 0.1) is 6.10 Å². The summed E-state index contributed by atoms with van der Waals surface area (Å²) in [5, 5.41) is 10.3. The van der Waals surface area contributed by atoms with Crippen LogP contribution in [0.4, 0.5) is 13.2 Å². The van der Waals surface area contributed by atoms with Gasteiger partial charge in [-0.3, -0.25) is 0 Å². The van der Waals surface area contributed by atoms with Crippen LogP contribution in [0, 0.1) is 0 Å². The van der Waals surface area contributed by atoms with E-state index in [1.807, 2.05) is 30.3 Å². The fraction of sp³-hybridized carbons (Fsp3) is 0.600. The Balaban J connectivity index is 1.98. The molecule has 106 valence electrons. The third-order valence-corrected chi connectivity index (χ3v) is 4.17. The zero-order valence-corrected chi connectivity index (χ0v) is 10.8. The molecule has 0 spiro atoms. The Morgan fingerprint density at radius 1 is 1.16 bits per heavy atom. The number of rotatable bonds is 5. The first-order valence-corrected chi connectivity index (χ1v) is 6.74. The van der Waals surface area contributed by atoms with Crippen LogP contribution < -0.4 is 0 Å². The van der Waals surface area contributed by atoms with Crippen LogP contribution in [0.3, 0.4) is 0 Å². The van der Waals surface area contributed by atoms with Gasteiger partial charge in [-0.1, -0.05) is 36.8 Å². The third kappa shape index (κ3) is 3.30. The zero-order chi connectivity index (χ0) is 13.9. The van der Waals surface area contributed by atoms with Gasteiger partial charge < -0.3 is 5.11 Å². The summed E-state index contributed by atoms with van der Waals surface area (Å²) < 4.78 is 36.4. The minimum absolute atomic E-state index is 0.000744. The number of benzene rings is 1. The van der Waals surface area contributed by atoms with Crippen LogP contribution in [0.25, 0.3) is 0 Å². The first-order valence-electron chi connectivity index (χ1n) is 6.74. The highest BCUT2D eigenvalue weighted by atomic mass is 19.4. The quantitative estimate of drug-likeness (QED) is 0.851. The summed E-state index contributed by atoms with van der Waals surface area (Å²) in [5.74, 6) is 0. The van der Waals surface area contributed by atoms with E-state index in [4.69, 9.17) is 0 Å². The van der Waals surface area contributed by atoms with Gasteiger partial charge in [-0.15, -0.1) is 0 Å². The second kappa shape index (κ2) is 5.53. The van der Waals surface area contributed by atoms with Crippen LogP contribution in [0.2, 0.25) is 0 Å². The van der Waals surface area contributed by atoms with Crippen molar-refractivity contribution in [2.45, 2.75) is 56.2 Å². The van der Waals surface area contributed by atoms with Gasteiger partial charge in [-0.25, -0.2) is 0 Å². The normalized spacial score (nSPS) is 19.8. The second-order valence-corrected chi connectivity index (χ2v) is 5.40. The van der Waals surface area contributed by atoms with Gasteiger partial charge in [0.25, 0.3) is 0 Å². The van der Waals surface area contributed by atoms with E-state index >= 15 is 0 Å². The Kier molecular flexibility index (Phi) is 4.19. The Morgan fingerprint density at radius 3 is 2.26 bits per heavy atom. The minimum atomic E-state index is -4.13. The SMILES string of the molecule is OC(CCCC(F)(F)F)C1(c2ccccc2)CCC1. The predicted molar refractivity (Wildman–Crippen MR) is 67.9 cm³/mol. The van der Waals surface area contributed by atoms with Crippen molar-refractivity contribution in [2.75, 3.05) is 0 Å². The van der Waals surface area contributed by atoms with E-state index in [1.165, 1.54) is 0 Å². The summed E-state index contributed by atoms with van der Waals surface area (Å²) in [6.45, 7) is 0. The fourth-order valence-corrected chi connectivity index (χ4v) is 2.91.